The van der Waals surface area contributed by atoms with Gasteiger partial charge < -0.3 is 20.3 Å². The van der Waals surface area contributed by atoms with Crippen molar-refractivity contribution in [1.82, 2.24) is 5.32 Å². The van der Waals surface area contributed by atoms with E-state index in [0.29, 0.717) is 6.61 Å². The molecule has 0 radical (unpaired) electrons. The van der Waals surface area contributed by atoms with E-state index in [-0.39, 0.29) is 19.1 Å². The number of aliphatic hydroxyl groups is 2. The second kappa shape index (κ2) is 6.68. The fourth-order valence-electron chi connectivity index (χ4n) is 0.559. The van der Waals surface area contributed by atoms with E-state index in [0.717, 1.165) is 0 Å². The van der Waals surface area contributed by atoms with Gasteiger partial charge >= 0.3 is 6.09 Å². The zero-order valence-electron chi connectivity index (χ0n) is 7.99. The fraction of sp³-hybridized carbons (Fsp3) is 0.875. The highest BCUT2D eigenvalue weighted by Gasteiger charge is 2.06. The van der Waals surface area contributed by atoms with E-state index in [9.17, 15) is 4.79 Å². The Hall–Kier alpha value is -0.810. The number of carbonyl (C=O) groups is 1. The average molecular weight is 191 g/mol. The Balaban J connectivity index is 3.40. The molecule has 0 aliphatic carbocycles. The van der Waals surface area contributed by atoms with Crippen LogP contribution in [-0.4, -0.2) is 42.2 Å². The molecule has 1 unspecified atom stereocenters. The average Bonchev–Trinajstić information content (AvgIpc) is 2.10. The molecule has 0 heterocycles. The molecule has 0 aromatic carbocycles. The normalized spacial score (nSPS) is 12.7. The molecule has 0 saturated carbocycles. The third-order valence-electron chi connectivity index (χ3n) is 1.24. The van der Waals surface area contributed by atoms with Crippen molar-refractivity contribution in [2.45, 2.75) is 20.0 Å². The number of aliphatic hydroxyl groups excluding tert-OH is 2. The van der Waals surface area contributed by atoms with E-state index in [1.54, 1.807) is 0 Å². The fourth-order valence-corrected chi connectivity index (χ4v) is 0.559. The minimum Gasteiger partial charge on any atom is -0.449 e. The van der Waals surface area contributed by atoms with Gasteiger partial charge in [0.25, 0.3) is 0 Å². The van der Waals surface area contributed by atoms with E-state index in [2.05, 4.69) is 5.32 Å². The second-order valence-corrected chi connectivity index (χ2v) is 3.21. The predicted octanol–water partition coefficient (Wildman–Crippen LogP) is -0.278. The van der Waals surface area contributed by atoms with Crippen LogP contribution in [0.1, 0.15) is 13.8 Å². The molecule has 0 aliphatic rings. The Morgan fingerprint density at radius 3 is 2.62 bits per heavy atom. The molecule has 13 heavy (non-hydrogen) atoms. The maximum absolute atomic E-state index is 10.8. The SMILES string of the molecule is CC(C)COC(=O)NCC(O)CO. The molecule has 0 aromatic heterocycles. The summed E-state index contributed by atoms with van der Waals surface area (Å²) < 4.78 is 4.76. The topological polar surface area (TPSA) is 78.8 Å². The maximum Gasteiger partial charge on any atom is 0.407 e. The van der Waals surface area contributed by atoms with Crippen LogP contribution in [0.3, 0.4) is 0 Å². The van der Waals surface area contributed by atoms with Crippen LogP contribution in [0.5, 0.6) is 0 Å². The quantitative estimate of drug-likeness (QED) is 0.558. The van der Waals surface area contributed by atoms with Gasteiger partial charge in [-0.2, -0.15) is 0 Å². The Morgan fingerprint density at radius 2 is 2.15 bits per heavy atom. The number of carbonyl (C=O) groups excluding carboxylic acids is 1. The molecular weight excluding hydrogens is 174 g/mol. The van der Waals surface area contributed by atoms with Crippen LogP contribution < -0.4 is 5.32 Å². The summed E-state index contributed by atoms with van der Waals surface area (Å²) in [5.41, 5.74) is 0. The number of alkyl carbamates (subject to hydrolysis) is 1. The van der Waals surface area contributed by atoms with E-state index >= 15 is 0 Å². The van der Waals surface area contributed by atoms with Gasteiger partial charge in [0.2, 0.25) is 0 Å². The third-order valence-corrected chi connectivity index (χ3v) is 1.24. The highest BCUT2D eigenvalue weighted by atomic mass is 16.5. The molecule has 78 valence electrons. The van der Waals surface area contributed by atoms with Gasteiger partial charge in [0.15, 0.2) is 0 Å². The largest absolute Gasteiger partial charge is 0.449 e. The van der Waals surface area contributed by atoms with Gasteiger partial charge in [-0.15, -0.1) is 0 Å². The predicted molar refractivity (Wildman–Crippen MR) is 47.3 cm³/mol. The molecule has 0 aromatic rings. The smallest absolute Gasteiger partial charge is 0.407 e. The molecule has 3 N–H and O–H groups in total. The van der Waals surface area contributed by atoms with Crippen LogP contribution >= 0.6 is 0 Å². The van der Waals surface area contributed by atoms with Crippen LogP contribution in [-0.2, 0) is 4.74 Å². The lowest BCUT2D eigenvalue weighted by Gasteiger charge is -2.10. The Morgan fingerprint density at radius 1 is 1.54 bits per heavy atom. The van der Waals surface area contributed by atoms with Gasteiger partial charge in [0.05, 0.1) is 19.3 Å². The van der Waals surface area contributed by atoms with Crippen LogP contribution in [0, 0.1) is 5.92 Å². The van der Waals surface area contributed by atoms with Crippen molar-refractivity contribution in [2.75, 3.05) is 19.8 Å². The van der Waals surface area contributed by atoms with Crippen molar-refractivity contribution in [2.24, 2.45) is 5.92 Å². The molecule has 0 fully saturated rings. The lowest BCUT2D eigenvalue weighted by molar-refractivity contribution is 0.0866. The minimum atomic E-state index is -0.924. The third kappa shape index (κ3) is 7.55. The molecular formula is C8H17NO4. The minimum absolute atomic E-state index is 0.00737. The molecule has 0 saturated heterocycles. The van der Waals surface area contributed by atoms with Crippen LogP contribution in [0.25, 0.3) is 0 Å². The Bertz CT molecular complexity index is 149. The lowest BCUT2D eigenvalue weighted by Crippen LogP contribution is -2.34. The number of hydrogen-bond donors (Lipinski definition) is 3. The summed E-state index contributed by atoms with van der Waals surface area (Å²) in [6.45, 7) is 3.84. The zero-order valence-corrected chi connectivity index (χ0v) is 7.99. The summed E-state index contributed by atoms with van der Waals surface area (Å²) in [6.07, 6.45) is -1.49. The summed E-state index contributed by atoms with van der Waals surface area (Å²) in [4.78, 5) is 10.8. The summed E-state index contributed by atoms with van der Waals surface area (Å²) in [5, 5.41) is 19.6. The van der Waals surface area contributed by atoms with E-state index < -0.39 is 12.2 Å². The van der Waals surface area contributed by atoms with Crippen molar-refractivity contribution >= 4 is 6.09 Å². The van der Waals surface area contributed by atoms with Crippen LogP contribution in [0.2, 0.25) is 0 Å². The van der Waals surface area contributed by atoms with Crippen molar-refractivity contribution in [3.05, 3.63) is 0 Å². The summed E-state index contributed by atoms with van der Waals surface area (Å²) in [7, 11) is 0. The van der Waals surface area contributed by atoms with Gasteiger partial charge in [-0.25, -0.2) is 4.79 Å². The standard InChI is InChI=1S/C8H17NO4/c1-6(2)5-13-8(12)9-3-7(11)4-10/h6-7,10-11H,3-5H2,1-2H3,(H,9,12). The molecule has 5 nitrogen and oxygen atoms in total. The maximum atomic E-state index is 10.8. The molecule has 0 rings (SSSR count). The number of amides is 1. The van der Waals surface area contributed by atoms with Gasteiger partial charge in [-0.05, 0) is 5.92 Å². The summed E-state index contributed by atoms with van der Waals surface area (Å²) in [5.74, 6) is 0.286. The first-order valence-electron chi connectivity index (χ1n) is 4.25. The van der Waals surface area contributed by atoms with Crippen molar-refractivity contribution < 1.29 is 19.7 Å². The molecule has 0 bridgehead atoms. The number of nitrogens with one attached hydrogen (secondary N) is 1. The zero-order chi connectivity index (χ0) is 10.3. The Kier molecular flexibility index (Phi) is 6.26. The number of rotatable bonds is 5. The van der Waals surface area contributed by atoms with Crippen LogP contribution in [0.4, 0.5) is 4.79 Å². The monoisotopic (exact) mass is 191 g/mol. The van der Waals surface area contributed by atoms with Gasteiger partial charge in [-0.3, -0.25) is 0 Å². The van der Waals surface area contributed by atoms with Crippen molar-refractivity contribution in [1.29, 1.82) is 0 Å². The molecule has 0 spiro atoms. The van der Waals surface area contributed by atoms with Crippen molar-refractivity contribution in [3.63, 3.8) is 0 Å². The van der Waals surface area contributed by atoms with Gasteiger partial charge in [0, 0.05) is 6.54 Å². The van der Waals surface area contributed by atoms with E-state index in [4.69, 9.17) is 14.9 Å². The molecule has 5 heteroatoms. The van der Waals surface area contributed by atoms with Gasteiger partial charge in [-0.1, -0.05) is 13.8 Å². The van der Waals surface area contributed by atoms with E-state index in [1.807, 2.05) is 13.8 Å². The molecule has 1 amide bonds. The highest BCUT2D eigenvalue weighted by Crippen LogP contribution is 1.92. The van der Waals surface area contributed by atoms with Crippen molar-refractivity contribution in [3.8, 4) is 0 Å². The lowest BCUT2D eigenvalue weighted by atomic mass is 10.2. The first-order chi connectivity index (χ1) is 6.06. The molecule has 1 atom stereocenters. The highest BCUT2D eigenvalue weighted by molar-refractivity contribution is 5.67. The van der Waals surface area contributed by atoms with Crippen LogP contribution in [0.15, 0.2) is 0 Å². The number of hydrogen-bond acceptors (Lipinski definition) is 4. The summed E-state index contributed by atoms with van der Waals surface area (Å²) >= 11 is 0. The Labute approximate surface area is 77.7 Å². The second-order valence-electron chi connectivity index (χ2n) is 3.21. The number of ether oxygens (including phenoxy) is 1. The molecule has 0 aliphatic heterocycles. The summed E-state index contributed by atoms with van der Waals surface area (Å²) in [6, 6.07) is 0. The first kappa shape index (κ1) is 12.2. The van der Waals surface area contributed by atoms with E-state index in [1.165, 1.54) is 0 Å². The van der Waals surface area contributed by atoms with Gasteiger partial charge in [0.1, 0.15) is 0 Å². The first-order valence-corrected chi connectivity index (χ1v) is 4.25.